The van der Waals surface area contributed by atoms with Gasteiger partial charge in [0.05, 0.1) is 28.6 Å². The fraction of sp³-hybridized carbons (Fsp3) is 0.429. The number of nitriles is 1. The Morgan fingerprint density at radius 2 is 1.93 bits per heavy atom. The Labute approximate surface area is 314 Å². The molecule has 54 heavy (non-hydrogen) atoms. The normalized spacial score (nSPS) is 20.9. The Bertz CT molecular complexity index is 2280. The number of anilines is 1. The summed E-state index contributed by atoms with van der Waals surface area (Å²) in [6.07, 6.45) is 11.6. The molecule has 0 spiro atoms. The number of nitrogens with two attached hydrogens (primary N) is 1. The molecule has 3 fully saturated rings. The third-order valence-electron chi connectivity index (χ3n) is 11.8. The van der Waals surface area contributed by atoms with Gasteiger partial charge in [0.2, 0.25) is 5.91 Å². The molecule has 3 N–H and O–H groups in total. The minimum Gasteiger partial charge on any atom is -0.508 e. The van der Waals surface area contributed by atoms with Gasteiger partial charge in [0, 0.05) is 42.0 Å². The van der Waals surface area contributed by atoms with Crippen LogP contribution >= 0.6 is 0 Å². The zero-order valence-corrected chi connectivity index (χ0v) is 31.2. The highest BCUT2D eigenvalue weighted by molar-refractivity contribution is 6.05. The highest BCUT2D eigenvalue weighted by Crippen LogP contribution is 2.45. The number of likely N-dealkylation sites (tertiary alicyclic amines) is 1. The predicted molar refractivity (Wildman–Crippen MR) is 205 cm³/mol. The lowest BCUT2D eigenvalue weighted by Crippen LogP contribution is -2.47. The number of carbonyl (C=O) groups excluding carboxylic acids is 1. The Morgan fingerprint density at radius 3 is 2.57 bits per heavy atom. The van der Waals surface area contributed by atoms with E-state index >= 15 is 8.78 Å². The van der Waals surface area contributed by atoms with Gasteiger partial charge in [-0.05, 0) is 113 Å². The molecule has 3 aliphatic heterocycles. The topological polar surface area (TPSA) is 132 Å². The summed E-state index contributed by atoms with van der Waals surface area (Å²) >= 11 is 0. The largest absolute Gasteiger partial charge is 0.508 e. The molecule has 1 amide bonds. The molecule has 1 unspecified atom stereocenters. The molecule has 0 radical (unpaired) electrons. The number of phenolic OH excluding ortho intramolecular Hbond substituents is 1. The van der Waals surface area contributed by atoms with E-state index in [0.29, 0.717) is 41.7 Å². The number of terminal acetylenes is 1. The number of likely N-dealkylation sites (N-methyl/N-ethyl adjacent to an activating group) is 1. The molecule has 3 aromatic carbocycles. The van der Waals surface area contributed by atoms with Crippen LogP contribution in [0.25, 0.3) is 32.8 Å². The van der Waals surface area contributed by atoms with Crippen LogP contribution in [0.1, 0.15) is 64.0 Å². The molecule has 10 nitrogen and oxygen atoms in total. The van der Waals surface area contributed by atoms with Crippen LogP contribution in [-0.2, 0) is 10.3 Å². The first-order chi connectivity index (χ1) is 25.6. The van der Waals surface area contributed by atoms with E-state index in [-0.39, 0.29) is 57.3 Å². The van der Waals surface area contributed by atoms with Crippen LogP contribution in [-0.4, -0.2) is 82.2 Å². The van der Waals surface area contributed by atoms with E-state index in [1.54, 1.807) is 36.8 Å². The highest BCUT2D eigenvalue weighted by atomic mass is 19.1. The van der Waals surface area contributed by atoms with E-state index in [1.165, 1.54) is 30.3 Å². The number of fused-ring (bicyclic) bond motifs is 3. The van der Waals surface area contributed by atoms with Gasteiger partial charge in [-0.15, -0.1) is 6.42 Å². The summed E-state index contributed by atoms with van der Waals surface area (Å²) < 4.78 is 39.4. The van der Waals surface area contributed by atoms with Crippen molar-refractivity contribution in [3.8, 4) is 41.3 Å². The third-order valence-corrected chi connectivity index (χ3v) is 11.8. The number of aromatic hydroxyl groups is 1. The van der Waals surface area contributed by atoms with E-state index in [1.807, 2.05) is 6.92 Å². The zero-order valence-electron chi connectivity index (χ0n) is 31.2. The van der Waals surface area contributed by atoms with Crippen LogP contribution in [0, 0.1) is 40.7 Å². The van der Waals surface area contributed by atoms with E-state index in [4.69, 9.17) is 26.9 Å². The molecule has 4 heterocycles. The van der Waals surface area contributed by atoms with E-state index in [9.17, 15) is 15.2 Å². The first-order valence-corrected chi connectivity index (χ1v) is 18.3. The van der Waals surface area contributed by atoms with Crippen LogP contribution < -0.4 is 15.4 Å². The SMILES string of the molecule is C#Cc1c(F)ccc2cc(O)cc(-c3c(C(C)(C)N)cc4c(N(C)C[C@H]5N(C(=O)C=C)CCC5(C)C#N)nc(OCC56CCCN5CCC6)nc4c3F)c12. The number of nitrogens with zero attached hydrogens (tertiary/aromatic N) is 6. The van der Waals surface area contributed by atoms with Crippen molar-refractivity contribution in [2.75, 3.05) is 44.7 Å². The van der Waals surface area contributed by atoms with Gasteiger partial charge in [0.15, 0.2) is 5.82 Å². The molecular weight excluding hydrogens is 689 g/mol. The Hall–Kier alpha value is -5.30. The molecule has 0 aliphatic carbocycles. The lowest BCUT2D eigenvalue weighted by atomic mass is 9.83. The molecule has 4 aromatic rings. The zero-order chi connectivity index (χ0) is 38.7. The van der Waals surface area contributed by atoms with Crippen molar-refractivity contribution < 1.29 is 23.4 Å². The van der Waals surface area contributed by atoms with Crippen LogP contribution in [0.15, 0.2) is 43.0 Å². The van der Waals surface area contributed by atoms with Gasteiger partial charge in [-0.2, -0.15) is 15.2 Å². The van der Waals surface area contributed by atoms with Gasteiger partial charge in [0.25, 0.3) is 0 Å². The predicted octanol–water partition coefficient (Wildman–Crippen LogP) is 6.37. The van der Waals surface area contributed by atoms with Gasteiger partial charge >= 0.3 is 6.01 Å². The van der Waals surface area contributed by atoms with E-state index in [0.717, 1.165) is 38.8 Å². The van der Waals surface area contributed by atoms with Gasteiger partial charge in [0.1, 0.15) is 29.5 Å². The van der Waals surface area contributed by atoms with Gasteiger partial charge in [-0.3, -0.25) is 9.69 Å². The van der Waals surface area contributed by atoms with Crippen molar-refractivity contribution in [3.05, 3.63) is 65.7 Å². The molecule has 2 atom stereocenters. The highest BCUT2D eigenvalue weighted by Gasteiger charge is 2.47. The molecule has 12 heteroatoms. The quantitative estimate of drug-likeness (QED) is 0.149. The smallest absolute Gasteiger partial charge is 0.319 e. The first kappa shape index (κ1) is 37.0. The Morgan fingerprint density at radius 1 is 1.20 bits per heavy atom. The minimum absolute atomic E-state index is 0.00297. The van der Waals surface area contributed by atoms with Gasteiger partial charge < -0.3 is 25.4 Å². The summed E-state index contributed by atoms with van der Waals surface area (Å²) in [4.78, 5) is 28.4. The number of halogens is 2. The molecule has 1 aromatic heterocycles. The lowest BCUT2D eigenvalue weighted by molar-refractivity contribution is -0.127. The number of benzene rings is 3. The molecule has 3 aliphatic rings. The fourth-order valence-corrected chi connectivity index (χ4v) is 8.92. The standard InChI is InChI=1S/C42H45F2N7O3/c1-7-27-31(43)12-11-25-19-26(52)20-28(34(25)27)35-30(40(3,4)46)21-29-37(36(35)44)47-39(54-24-42-13-9-16-50(42)17-10-14-42)48-38(29)49(6)22-32-41(5,23-45)15-18-51(32)33(53)8-2/h1,8,11-12,19-21,32,52H,2,9-10,13-18,22,24,46H2,3-6H3/t32-,41?/m1/s1. The summed E-state index contributed by atoms with van der Waals surface area (Å²) in [5, 5.41) is 22.1. The molecule has 0 bridgehead atoms. The second kappa shape index (κ2) is 13.5. The summed E-state index contributed by atoms with van der Waals surface area (Å²) in [7, 11) is 1.77. The van der Waals surface area contributed by atoms with Gasteiger partial charge in [-0.1, -0.05) is 18.6 Å². The molecule has 280 valence electrons. The molecular formula is C42H45F2N7O3. The third kappa shape index (κ3) is 6.08. The van der Waals surface area contributed by atoms with Crippen LogP contribution in [0.2, 0.25) is 0 Å². The minimum atomic E-state index is -1.18. The number of ether oxygens (including phenoxy) is 1. The number of hydrogen-bond donors (Lipinski definition) is 2. The van der Waals surface area contributed by atoms with Gasteiger partial charge in [-0.25, -0.2) is 8.78 Å². The second-order valence-electron chi connectivity index (χ2n) is 15.8. The lowest BCUT2D eigenvalue weighted by Gasteiger charge is -2.35. The fourth-order valence-electron chi connectivity index (χ4n) is 8.92. The number of phenols is 1. The van der Waals surface area contributed by atoms with Crippen molar-refractivity contribution in [1.82, 2.24) is 19.8 Å². The first-order valence-electron chi connectivity index (χ1n) is 18.3. The van der Waals surface area contributed by atoms with Crippen molar-refractivity contribution in [1.29, 1.82) is 5.26 Å². The van der Waals surface area contributed by atoms with Crippen LogP contribution in [0.4, 0.5) is 14.6 Å². The number of hydrogen-bond acceptors (Lipinski definition) is 9. The number of carbonyl (C=O) groups is 1. The Kier molecular flexibility index (Phi) is 9.28. The maximum Gasteiger partial charge on any atom is 0.319 e. The summed E-state index contributed by atoms with van der Waals surface area (Å²) in [5.41, 5.74) is 4.92. The monoisotopic (exact) mass is 733 g/mol. The maximum absolute atomic E-state index is 17.8. The average Bonchev–Trinajstić information content (AvgIpc) is 3.82. The summed E-state index contributed by atoms with van der Waals surface area (Å²) in [6.45, 7) is 11.8. The summed E-state index contributed by atoms with van der Waals surface area (Å²) in [5.74, 6) is 0.818. The van der Waals surface area contributed by atoms with Crippen LogP contribution in [0.5, 0.6) is 11.8 Å². The Balaban J connectivity index is 1.46. The molecule has 0 saturated carbocycles. The molecule has 7 rings (SSSR count). The van der Waals surface area contributed by atoms with E-state index in [2.05, 4.69) is 23.5 Å². The number of aromatic nitrogens is 2. The van der Waals surface area contributed by atoms with Crippen LogP contribution in [0.3, 0.4) is 0 Å². The average molecular weight is 734 g/mol. The maximum atomic E-state index is 17.8. The second-order valence-corrected chi connectivity index (χ2v) is 15.8. The van der Waals surface area contributed by atoms with Crippen molar-refractivity contribution in [3.63, 3.8) is 0 Å². The summed E-state index contributed by atoms with van der Waals surface area (Å²) in [6, 6.07) is 9.05. The van der Waals surface area contributed by atoms with Crippen molar-refractivity contribution in [2.24, 2.45) is 11.1 Å². The van der Waals surface area contributed by atoms with Crippen molar-refractivity contribution in [2.45, 2.75) is 70.0 Å². The van der Waals surface area contributed by atoms with E-state index < -0.39 is 28.6 Å². The number of amides is 1. The van der Waals surface area contributed by atoms with Crippen molar-refractivity contribution >= 4 is 33.4 Å². The molecule has 3 saturated heterocycles. The number of rotatable bonds is 9.